The molecule has 4 atom stereocenters. The number of hydrogen-bond acceptors (Lipinski definition) is 2. The number of hydrogen-bond donors (Lipinski definition) is 3. The van der Waals surface area contributed by atoms with Crippen molar-refractivity contribution in [2.24, 2.45) is 17.8 Å². The van der Waals surface area contributed by atoms with Gasteiger partial charge in [-0.15, -0.1) is 0 Å². The summed E-state index contributed by atoms with van der Waals surface area (Å²) in [6.07, 6.45) is 2.53. The minimum atomic E-state index is -0.975. The largest absolute Gasteiger partial charge is 0.480 e. The van der Waals surface area contributed by atoms with Gasteiger partial charge >= 0.3 is 12.0 Å². The van der Waals surface area contributed by atoms with Gasteiger partial charge < -0.3 is 15.7 Å². The van der Waals surface area contributed by atoms with Crippen LogP contribution in [0, 0.1) is 17.8 Å². The number of aliphatic carboxylic acids is 1. The monoisotopic (exact) mass is 270 g/mol. The number of carbonyl (C=O) groups excluding carboxylic acids is 1. The first kappa shape index (κ1) is 15.8. The molecule has 1 rings (SSSR count). The second kappa shape index (κ2) is 6.78. The maximum atomic E-state index is 11.9. The van der Waals surface area contributed by atoms with Crippen molar-refractivity contribution in [2.45, 2.75) is 59.0 Å². The molecule has 1 aliphatic carbocycles. The zero-order valence-electron chi connectivity index (χ0n) is 12.3. The van der Waals surface area contributed by atoms with Crippen LogP contribution in [0.15, 0.2) is 0 Å². The fraction of sp³-hybridized carbons (Fsp3) is 0.857. The summed E-state index contributed by atoms with van der Waals surface area (Å²) in [6.45, 7) is 8.20. The van der Waals surface area contributed by atoms with E-state index in [1.165, 1.54) is 0 Å². The molecule has 1 fully saturated rings. The first-order valence-corrected chi connectivity index (χ1v) is 7.11. The van der Waals surface area contributed by atoms with E-state index in [0.29, 0.717) is 18.3 Å². The van der Waals surface area contributed by atoms with E-state index in [-0.39, 0.29) is 18.0 Å². The Labute approximate surface area is 115 Å². The van der Waals surface area contributed by atoms with Crippen molar-refractivity contribution in [2.75, 3.05) is 0 Å². The summed E-state index contributed by atoms with van der Waals surface area (Å²) in [5.41, 5.74) is 0. The smallest absolute Gasteiger partial charge is 0.326 e. The van der Waals surface area contributed by atoms with Crippen LogP contribution >= 0.6 is 0 Å². The Kier molecular flexibility index (Phi) is 5.63. The first-order valence-electron chi connectivity index (χ1n) is 7.11. The van der Waals surface area contributed by atoms with Gasteiger partial charge in [0, 0.05) is 6.04 Å². The summed E-state index contributed by atoms with van der Waals surface area (Å²) in [6, 6.07) is -1.02. The van der Waals surface area contributed by atoms with E-state index < -0.39 is 12.0 Å². The fourth-order valence-electron chi connectivity index (χ4n) is 2.63. The summed E-state index contributed by atoms with van der Waals surface area (Å²) < 4.78 is 0. The maximum Gasteiger partial charge on any atom is 0.326 e. The second-order valence-electron chi connectivity index (χ2n) is 6.16. The zero-order chi connectivity index (χ0) is 14.6. The van der Waals surface area contributed by atoms with Gasteiger partial charge in [0.2, 0.25) is 0 Å². The molecular formula is C14H26N2O3. The van der Waals surface area contributed by atoms with E-state index in [1.807, 2.05) is 13.8 Å². The van der Waals surface area contributed by atoms with E-state index in [1.54, 1.807) is 0 Å². The molecule has 0 spiro atoms. The van der Waals surface area contributed by atoms with Crippen LogP contribution in [0.2, 0.25) is 0 Å². The van der Waals surface area contributed by atoms with E-state index in [0.717, 1.165) is 12.8 Å². The minimum Gasteiger partial charge on any atom is -0.480 e. The third-order valence-electron chi connectivity index (χ3n) is 4.09. The zero-order valence-corrected chi connectivity index (χ0v) is 12.3. The lowest BCUT2D eigenvalue weighted by atomic mass is 9.98. The van der Waals surface area contributed by atoms with Crippen LogP contribution in [0.3, 0.4) is 0 Å². The predicted octanol–water partition coefficient (Wildman–Crippen LogP) is 2.22. The highest BCUT2D eigenvalue weighted by Crippen LogP contribution is 2.30. The van der Waals surface area contributed by atoms with E-state index >= 15 is 0 Å². The quantitative estimate of drug-likeness (QED) is 0.716. The van der Waals surface area contributed by atoms with Crippen molar-refractivity contribution in [1.82, 2.24) is 10.6 Å². The topological polar surface area (TPSA) is 78.4 Å². The highest BCUT2D eigenvalue weighted by atomic mass is 16.4. The lowest BCUT2D eigenvalue weighted by molar-refractivity contribution is -0.139. The summed E-state index contributed by atoms with van der Waals surface area (Å²) in [5.74, 6) is 0.305. The molecule has 0 heterocycles. The number of rotatable bonds is 5. The van der Waals surface area contributed by atoms with Crippen LogP contribution in [0.25, 0.3) is 0 Å². The van der Waals surface area contributed by atoms with Crippen molar-refractivity contribution in [3.8, 4) is 0 Å². The lowest BCUT2D eigenvalue weighted by Gasteiger charge is -2.22. The van der Waals surface area contributed by atoms with Gasteiger partial charge in [-0.25, -0.2) is 9.59 Å². The van der Waals surface area contributed by atoms with Crippen molar-refractivity contribution < 1.29 is 14.7 Å². The molecule has 110 valence electrons. The highest BCUT2D eigenvalue weighted by molar-refractivity contribution is 5.82. The average Bonchev–Trinajstić information content (AvgIpc) is 2.59. The number of carbonyl (C=O) groups is 2. The molecular weight excluding hydrogens is 244 g/mol. The lowest BCUT2D eigenvalue weighted by Crippen LogP contribution is -2.50. The maximum absolute atomic E-state index is 11.9. The van der Waals surface area contributed by atoms with Crippen LogP contribution in [-0.4, -0.2) is 29.2 Å². The van der Waals surface area contributed by atoms with Gasteiger partial charge in [0.25, 0.3) is 0 Å². The summed E-state index contributed by atoms with van der Waals surface area (Å²) >= 11 is 0. The molecule has 0 aliphatic heterocycles. The summed E-state index contributed by atoms with van der Waals surface area (Å²) in [7, 11) is 0. The van der Waals surface area contributed by atoms with Gasteiger partial charge in [-0.3, -0.25) is 0 Å². The number of carboxylic acid groups (broad SMARTS) is 1. The first-order chi connectivity index (χ1) is 8.81. The van der Waals surface area contributed by atoms with Crippen LogP contribution < -0.4 is 10.6 Å². The molecule has 3 unspecified atom stereocenters. The van der Waals surface area contributed by atoms with E-state index in [4.69, 9.17) is 5.11 Å². The molecule has 0 radical (unpaired) electrons. The second-order valence-corrected chi connectivity index (χ2v) is 6.16. The average molecular weight is 270 g/mol. The standard InChI is InChI=1S/C14H26N2O3/c1-8(2)7-12(13(17)18)16-14(19)15-11-6-5-9(3)10(11)4/h8-12H,5-7H2,1-4H3,(H,17,18)(H2,15,16,19)/t9?,10?,11?,12-/m1/s1. The SMILES string of the molecule is CC(C)C[C@@H](NC(=O)NC1CCC(C)C1C)C(=O)O. The van der Waals surface area contributed by atoms with Gasteiger partial charge in [0.05, 0.1) is 0 Å². The van der Waals surface area contributed by atoms with E-state index in [9.17, 15) is 9.59 Å². The molecule has 2 amide bonds. The van der Waals surface area contributed by atoms with Crippen molar-refractivity contribution in [3.05, 3.63) is 0 Å². The predicted molar refractivity (Wildman–Crippen MR) is 73.9 cm³/mol. The third kappa shape index (κ3) is 4.73. The molecule has 1 aliphatic rings. The van der Waals surface area contributed by atoms with Crippen molar-refractivity contribution >= 4 is 12.0 Å². The van der Waals surface area contributed by atoms with Gasteiger partial charge in [0.1, 0.15) is 6.04 Å². The summed E-state index contributed by atoms with van der Waals surface area (Å²) in [5, 5.41) is 14.5. The summed E-state index contributed by atoms with van der Waals surface area (Å²) in [4.78, 5) is 22.9. The fourth-order valence-corrected chi connectivity index (χ4v) is 2.63. The Morgan fingerprint density at radius 3 is 2.32 bits per heavy atom. The molecule has 0 bridgehead atoms. The van der Waals surface area contributed by atoms with Gasteiger partial charge in [0.15, 0.2) is 0 Å². The Morgan fingerprint density at radius 1 is 1.26 bits per heavy atom. The number of nitrogens with one attached hydrogen (secondary N) is 2. The Bertz CT molecular complexity index is 331. The number of carboxylic acids is 1. The van der Waals surface area contributed by atoms with Crippen LogP contribution in [0.1, 0.15) is 47.0 Å². The van der Waals surface area contributed by atoms with Gasteiger partial charge in [-0.2, -0.15) is 0 Å². The van der Waals surface area contributed by atoms with Crippen molar-refractivity contribution in [1.29, 1.82) is 0 Å². The Hall–Kier alpha value is -1.26. The van der Waals surface area contributed by atoms with Crippen molar-refractivity contribution in [3.63, 3.8) is 0 Å². The van der Waals surface area contributed by atoms with Crippen LogP contribution in [-0.2, 0) is 4.79 Å². The minimum absolute atomic E-state index is 0.156. The normalized spacial score (nSPS) is 28.2. The third-order valence-corrected chi connectivity index (χ3v) is 4.09. The molecule has 3 N–H and O–H groups in total. The van der Waals surface area contributed by atoms with Crippen LogP contribution in [0.4, 0.5) is 4.79 Å². The van der Waals surface area contributed by atoms with Gasteiger partial charge in [-0.05, 0) is 37.0 Å². The highest BCUT2D eigenvalue weighted by Gasteiger charge is 2.31. The Balaban J connectivity index is 2.47. The van der Waals surface area contributed by atoms with Crippen LogP contribution in [0.5, 0.6) is 0 Å². The molecule has 19 heavy (non-hydrogen) atoms. The molecule has 1 saturated carbocycles. The molecule has 0 aromatic rings. The number of urea groups is 1. The Morgan fingerprint density at radius 2 is 1.89 bits per heavy atom. The molecule has 5 heteroatoms. The molecule has 0 saturated heterocycles. The number of amides is 2. The van der Waals surface area contributed by atoms with E-state index in [2.05, 4.69) is 24.5 Å². The molecule has 0 aromatic carbocycles. The molecule has 0 aromatic heterocycles. The van der Waals surface area contributed by atoms with Gasteiger partial charge in [-0.1, -0.05) is 27.7 Å². The molecule has 5 nitrogen and oxygen atoms in total.